The summed E-state index contributed by atoms with van der Waals surface area (Å²) in [6.07, 6.45) is 3.69. The normalized spacial score (nSPS) is 24.4. The number of para-hydroxylation sites is 3. The Morgan fingerprint density at radius 2 is 1.71 bits per heavy atom. The third kappa shape index (κ3) is 4.06. The van der Waals surface area contributed by atoms with Crippen LogP contribution in [0.25, 0.3) is 22.6 Å². The Bertz CT molecular complexity index is 2070. The first-order valence-electron chi connectivity index (χ1n) is 14.7. The minimum absolute atomic E-state index is 0.0429. The Morgan fingerprint density at radius 3 is 2.49 bits per heavy atom. The van der Waals surface area contributed by atoms with Crippen LogP contribution in [-0.4, -0.2) is 33.5 Å². The lowest BCUT2D eigenvalue weighted by molar-refractivity contribution is -0.123. The standard InChI is InChI=1S/C36H25BrN2O6/c1-17-5-4-6-21(32(17)41)29-20-13-14-22-30(23(20)15-24-31(29)27(40)16-25(37)33(24)42)36(44)39(35(22)43)19-11-9-18(10-12-19)34-38-26-7-2-3-8-28(26)45-34/h2-13,16,22-23,29-30,41H,14-15H2,1H3. The number of aromatic hydroxyl groups is 1. The number of carbonyl (C=O) groups is 4. The molecule has 3 aromatic carbocycles. The van der Waals surface area contributed by atoms with Gasteiger partial charge in [-0.25, -0.2) is 4.98 Å². The van der Waals surface area contributed by atoms with Gasteiger partial charge in [0.1, 0.15) is 11.3 Å². The van der Waals surface area contributed by atoms with E-state index in [1.165, 1.54) is 11.0 Å². The van der Waals surface area contributed by atoms with Crippen LogP contribution in [0, 0.1) is 24.7 Å². The average molecular weight is 662 g/mol. The molecule has 2 amide bonds. The topological polar surface area (TPSA) is 118 Å². The molecule has 1 fully saturated rings. The molecule has 4 aliphatic rings. The lowest BCUT2D eigenvalue weighted by Crippen LogP contribution is -2.39. The highest BCUT2D eigenvalue weighted by molar-refractivity contribution is 9.12. The fourth-order valence-corrected chi connectivity index (χ4v) is 7.93. The molecule has 0 saturated carbocycles. The minimum atomic E-state index is -0.717. The molecule has 2 heterocycles. The number of carbonyl (C=O) groups excluding carboxylic acids is 4. The van der Waals surface area contributed by atoms with Gasteiger partial charge in [0.15, 0.2) is 17.1 Å². The van der Waals surface area contributed by atoms with E-state index in [1.807, 2.05) is 30.3 Å². The van der Waals surface area contributed by atoms with Gasteiger partial charge >= 0.3 is 0 Å². The van der Waals surface area contributed by atoms with Crippen molar-refractivity contribution in [3.63, 3.8) is 0 Å². The summed E-state index contributed by atoms with van der Waals surface area (Å²) in [4.78, 5) is 60.7. The molecule has 4 aromatic rings. The van der Waals surface area contributed by atoms with Gasteiger partial charge in [-0.05, 0) is 83.6 Å². The zero-order chi connectivity index (χ0) is 31.1. The fraction of sp³-hybridized carbons (Fsp3) is 0.194. The van der Waals surface area contributed by atoms with Gasteiger partial charge in [0, 0.05) is 34.3 Å². The van der Waals surface area contributed by atoms with E-state index in [0.717, 1.165) is 11.1 Å². The summed E-state index contributed by atoms with van der Waals surface area (Å²) in [5.74, 6) is -3.30. The maximum absolute atomic E-state index is 14.2. The molecular weight excluding hydrogens is 636 g/mol. The molecule has 8 nitrogen and oxygen atoms in total. The second-order valence-corrected chi connectivity index (χ2v) is 12.8. The molecule has 1 saturated heterocycles. The van der Waals surface area contributed by atoms with Crippen LogP contribution in [0.15, 0.2) is 105 Å². The first kappa shape index (κ1) is 27.6. The Morgan fingerprint density at radius 1 is 0.933 bits per heavy atom. The van der Waals surface area contributed by atoms with Gasteiger partial charge in [-0.15, -0.1) is 0 Å². The number of phenols is 1. The molecule has 1 aliphatic heterocycles. The van der Waals surface area contributed by atoms with Crippen molar-refractivity contribution in [3.8, 4) is 17.2 Å². The average Bonchev–Trinajstić information content (AvgIpc) is 3.59. The number of nitrogens with zero attached hydrogens (tertiary/aromatic N) is 2. The van der Waals surface area contributed by atoms with Gasteiger partial charge in [-0.2, -0.15) is 0 Å². The molecule has 1 aromatic heterocycles. The van der Waals surface area contributed by atoms with Crippen molar-refractivity contribution in [3.05, 3.63) is 111 Å². The van der Waals surface area contributed by atoms with Crippen LogP contribution in [-0.2, 0) is 19.2 Å². The molecule has 4 atom stereocenters. The summed E-state index contributed by atoms with van der Waals surface area (Å²) in [5, 5.41) is 11.1. The van der Waals surface area contributed by atoms with E-state index in [1.54, 1.807) is 49.4 Å². The molecule has 0 radical (unpaired) electrons. The van der Waals surface area contributed by atoms with E-state index in [-0.39, 0.29) is 40.0 Å². The fourth-order valence-electron chi connectivity index (χ4n) is 7.48. The molecule has 3 aliphatic carbocycles. The van der Waals surface area contributed by atoms with Crippen molar-refractivity contribution in [2.75, 3.05) is 4.90 Å². The summed E-state index contributed by atoms with van der Waals surface area (Å²) >= 11 is 3.25. The van der Waals surface area contributed by atoms with Crippen LogP contribution in [0.5, 0.6) is 5.75 Å². The number of aromatic nitrogens is 1. The number of phenolic OH excluding ortho intramolecular Hbond substituents is 1. The zero-order valence-corrected chi connectivity index (χ0v) is 25.6. The highest BCUT2D eigenvalue weighted by Crippen LogP contribution is 2.56. The maximum Gasteiger partial charge on any atom is 0.238 e. The number of rotatable bonds is 3. The van der Waals surface area contributed by atoms with Crippen LogP contribution in [0.4, 0.5) is 5.69 Å². The van der Waals surface area contributed by atoms with Crippen molar-refractivity contribution >= 4 is 56.1 Å². The summed E-state index contributed by atoms with van der Waals surface area (Å²) in [6.45, 7) is 1.77. The molecule has 45 heavy (non-hydrogen) atoms. The number of aryl methyl sites for hydroxylation is 1. The maximum atomic E-state index is 14.2. The molecule has 1 N–H and O–H groups in total. The van der Waals surface area contributed by atoms with Gasteiger partial charge in [-0.3, -0.25) is 24.1 Å². The Hall–Kier alpha value is -4.89. The van der Waals surface area contributed by atoms with Gasteiger partial charge in [0.2, 0.25) is 17.7 Å². The molecule has 9 heteroatoms. The van der Waals surface area contributed by atoms with E-state index in [9.17, 15) is 24.3 Å². The predicted octanol–water partition coefficient (Wildman–Crippen LogP) is 6.48. The Labute approximate surface area is 265 Å². The second-order valence-electron chi connectivity index (χ2n) is 12.0. The van der Waals surface area contributed by atoms with Crippen LogP contribution in [0.2, 0.25) is 0 Å². The number of allylic oxidation sites excluding steroid dienone is 6. The number of benzene rings is 3. The van der Waals surface area contributed by atoms with Gasteiger partial charge in [0.05, 0.1) is 22.0 Å². The summed E-state index contributed by atoms with van der Waals surface area (Å²) in [5.41, 5.74) is 5.14. The van der Waals surface area contributed by atoms with E-state index in [0.29, 0.717) is 51.4 Å². The number of oxazole rings is 1. The number of fused-ring (bicyclic) bond motifs is 4. The number of anilines is 1. The SMILES string of the molecule is Cc1cccc(C2C3=CCC4C(=O)N(c5ccc(-c6nc7ccccc7o6)cc5)C(=O)C4C3CC3=C2C(=O)C=C(Br)C3=O)c1O. The first-order chi connectivity index (χ1) is 21.7. The predicted molar refractivity (Wildman–Crippen MR) is 169 cm³/mol. The molecule has 8 rings (SSSR count). The van der Waals surface area contributed by atoms with Gasteiger partial charge in [-0.1, -0.05) is 42.0 Å². The largest absolute Gasteiger partial charge is 0.507 e. The van der Waals surface area contributed by atoms with Crippen molar-refractivity contribution in [2.24, 2.45) is 17.8 Å². The van der Waals surface area contributed by atoms with Crippen LogP contribution < -0.4 is 4.90 Å². The quantitative estimate of drug-likeness (QED) is 0.152. The monoisotopic (exact) mass is 660 g/mol. The number of Topliss-reactive ketones (excluding diaryl/α,β-unsaturated/α-hetero) is 1. The van der Waals surface area contributed by atoms with Crippen LogP contribution in [0.3, 0.4) is 0 Å². The molecule has 222 valence electrons. The van der Waals surface area contributed by atoms with Crippen molar-refractivity contribution in [1.29, 1.82) is 0 Å². The summed E-state index contributed by atoms with van der Waals surface area (Å²) < 4.78 is 6.04. The summed E-state index contributed by atoms with van der Waals surface area (Å²) in [7, 11) is 0. The highest BCUT2D eigenvalue weighted by atomic mass is 79.9. The summed E-state index contributed by atoms with van der Waals surface area (Å²) in [6, 6.07) is 19.8. The van der Waals surface area contributed by atoms with E-state index >= 15 is 0 Å². The van der Waals surface area contributed by atoms with Crippen LogP contribution >= 0.6 is 15.9 Å². The molecule has 0 bridgehead atoms. The van der Waals surface area contributed by atoms with E-state index in [4.69, 9.17) is 4.42 Å². The Kier molecular flexibility index (Phi) is 6.19. The third-order valence-corrected chi connectivity index (χ3v) is 10.2. The molecule has 0 spiro atoms. The van der Waals surface area contributed by atoms with E-state index in [2.05, 4.69) is 20.9 Å². The van der Waals surface area contributed by atoms with Crippen LogP contribution in [0.1, 0.15) is 29.9 Å². The van der Waals surface area contributed by atoms with Gasteiger partial charge < -0.3 is 9.52 Å². The first-order valence-corrected chi connectivity index (χ1v) is 15.5. The number of imide groups is 1. The zero-order valence-electron chi connectivity index (χ0n) is 24.0. The number of hydrogen-bond donors (Lipinski definition) is 1. The van der Waals surface area contributed by atoms with E-state index < -0.39 is 23.7 Å². The smallest absolute Gasteiger partial charge is 0.238 e. The second kappa shape index (κ2) is 10.1. The van der Waals surface area contributed by atoms with Gasteiger partial charge in [0.25, 0.3) is 0 Å². The van der Waals surface area contributed by atoms with Crippen molar-refractivity contribution in [1.82, 2.24) is 4.98 Å². The number of amides is 2. The third-order valence-electron chi connectivity index (χ3n) is 9.58. The number of hydrogen-bond acceptors (Lipinski definition) is 7. The lowest BCUT2D eigenvalue weighted by atomic mass is 9.59. The van der Waals surface area contributed by atoms with Crippen molar-refractivity contribution in [2.45, 2.75) is 25.7 Å². The number of ketones is 2. The highest BCUT2D eigenvalue weighted by Gasteiger charge is 2.57. The lowest BCUT2D eigenvalue weighted by Gasteiger charge is -2.42. The molecular formula is C36H25BrN2O6. The molecule has 4 unspecified atom stereocenters. The van der Waals surface area contributed by atoms with Crippen molar-refractivity contribution < 1.29 is 28.7 Å². The Balaban J connectivity index is 1.17. The minimum Gasteiger partial charge on any atom is -0.507 e. The number of halogens is 1.